The highest BCUT2D eigenvalue weighted by Crippen LogP contribution is 1.98. The van der Waals surface area contributed by atoms with Crippen molar-refractivity contribution in [1.82, 2.24) is 0 Å². The van der Waals surface area contributed by atoms with Crippen LogP contribution in [0.15, 0.2) is 0 Å². The Kier molecular flexibility index (Phi) is 17.6. The number of unbranched alkanes of at least 4 members (excludes halogenated alkanes) is 3. The lowest BCUT2D eigenvalue weighted by molar-refractivity contribution is -0.00327. The summed E-state index contributed by atoms with van der Waals surface area (Å²) in [4.78, 5) is 0. The van der Waals surface area contributed by atoms with Crippen LogP contribution in [0.4, 0.5) is 4.39 Å². The fourth-order valence-corrected chi connectivity index (χ4v) is 1.45. The number of halogens is 1. The van der Waals surface area contributed by atoms with Crippen molar-refractivity contribution in [2.75, 3.05) is 59.5 Å². The number of hydrogen-bond acceptors (Lipinski definition) is 4. The van der Waals surface area contributed by atoms with Gasteiger partial charge in [-0.3, -0.25) is 0 Å². The molecule has 0 rings (SSSR count). The molecule has 19 heavy (non-hydrogen) atoms. The lowest BCUT2D eigenvalue weighted by Gasteiger charge is -2.07. The number of hydrogen-bond donors (Lipinski definition) is 0. The molecule has 0 aliphatic carbocycles. The van der Waals surface area contributed by atoms with Crippen LogP contribution in [0.3, 0.4) is 0 Å². The van der Waals surface area contributed by atoms with Crippen LogP contribution in [0.2, 0.25) is 0 Å². The maximum atomic E-state index is 11.7. The van der Waals surface area contributed by atoms with Crippen LogP contribution < -0.4 is 0 Å². The van der Waals surface area contributed by atoms with Gasteiger partial charge in [-0.25, -0.2) is 4.39 Å². The van der Waals surface area contributed by atoms with Gasteiger partial charge in [0.2, 0.25) is 0 Å². The van der Waals surface area contributed by atoms with Crippen LogP contribution in [0.1, 0.15) is 32.6 Å². The Morgan fingerprint density at radius 3 is 1.53 bits per heavy atom. The first kappa shape index (κ1) is 18.8. The van der Waals surface area contributed by atoms with Crippen LogP contribution in [0.25, 0.3) is 0 Å². The van der Waals surface area contributed by atoms with Crippen molar-refractivity contribution in [3.05, 3.63) is 0 Å². The van der Waals surface area contributed by atoms with Gasteiger partial charge in [0.15, 0.2) is 0 Å². The Morgan fingerprint density at radius 2 is 1.05 bits per heavy atom. The van der Waals surface area contributed by atoms with E-state index in [9.17, 15) is 4.39 Å². The number of ether oxygens (including phenoxy) is 4. The van der Waals surface area contributed by atoms with Crippen LogP contribution in [-0.4, -0.2) is 59.5 Å². The Hall–Kier alpha value is -0.230. The molecule has 0 bridgehead atoms. The molecule has 0 aliphatic heterocycles. The monoisotopic (exact) mass is 280 g/mol. The molecule has 0 spiro atoms. The largest absolute Gasteiger partial charge is 0.379 e. The van der Waals surface area contributed by atoms with E-state index in [0.29, 0.717) is 39.6 Å². The quantitative estimate of drug-likeness (QED) is 0.407. The lowest BCUT2D eigenvalue weighted by atomic mass is 10.2. The molecule has 5 heteroatoms. The second-order valence-electron chi connectivity index (χ2n) is 4.20. The summed E-state index contributed by atoms with van der Waals surface area (Å²) < 4.78 is 32.6. The fourth-order valence-electron chi connectivity index (χ4n) is 1.45. The first-order chi connectivity index (χ1) is 9.41. The standard InChI is InChI=1S/C14H29FO4/c1-2-3-4-5-7-16-9-11-18-13-14-19-12-10-17-8-6-15/h2-14H2,1H3. The fraction of sp³-hybridized carbons (Fsp3) is 1.00. The van der Waals surface area contributed by atoms with E-state index in [0.717, 1.165) is 13.0 Å². The summed E-state index contributed by atoms with van der Waals surface area (Å²) in [5, 5.41) is 0. The average Bonchev–Trinajstić information content (AvgIpc) is 2.43. The van der Waals surface area contributed by atoms with E-state index in [4.69, 9.17) is 18.9 Å². The third kappa shape index (κ3) is 17.8. The Labute approximate surface area is 116 Å². The van der Waals surface area contributed by atoms with Gasteiger partial charge in [0.05, 0.1) is 46.2 Å². The van der Waals surface area contributed by atoms with Gasteiger partial charge in [-0.1, -0.05) is 26.2 Å². The highest BCUT2D eigenvalue weighted by Gasteiger charge is 1.93. The van der Waals surface area contributed by atoms with Crippen LogP contribution in [-0.2, 0) is 18.9 Å². The average molecular weight is 280 g/mol. The van der Waals surface area contributed by atoms with E-state index >= 15 is 0 Å². The highest BCUT2D eigenvalue weighted by molar-refractivity contribution is 4.40. The van der Waals surface area contributed by atoms with Gasteiger partial charge in [-0.05, 0) is 6.42 Å². The molecule has 0 unspecified atom stereocenters. The van der Waals surface area contributed by atoms with E-state index in [1.807, 2.05) is 0 Å². The first-order valence-corrected chi connectivity index (χ1v) is 7.28. The number of alkyl halides is 1. The first-order valence-electron chi connectivity index (χ1n) is 7.28. The van der Waals surface area contributed by atoms with E-state index in [-0.39, 0.29) is 6.61 Å². The molecule has 4 nitrogen and oxygen atoms in total. The van der Waals surface area contributed by atoms with Crippen molar-refractivity contribution in [2.45, 2.75) is 32.6 Å². The topological polar surface area (TPSA) is 36.9 Å². The summed E-state index contributed by atoms with van der Waals surface area (Å²) in [5.41, 5.74) is 0. The summed E-state index contributed by atoms with van der Waals surface area (Å²) in [7, 11) is 0. The minimum absolute atomic E-state index is 0.148. The molecule has 0 aromatic rings. The molecule has 0 aromatic heterocycles. The Bertz CT molecular complexity index is 142. The zero-order chi connectivity index (χ0) is 14.0. The van der Waals surface area contributed by atoms with Gasteiger partial charge >= 0.3 is 0 Å². The lowest BCUT2D eigenvalue weighted by Crippen LogP contribution is -2.12. The maximum absolute atomic E-state index is 11.7. The highest BCUT2D eigenvalue weighted by atomic mass is 19.1. The van der Waals surface area contributed by atoms with Crippen LogP contribution >= 0.6 is 0 Å². The van der Waals surface area contributed by atoms with Crippen molar-refractivity contribution < 1.29 is 23.3 Å². The van der Waals surface area contributed by atoms with Crippen molar-refractivity contribution in [3.63, 3.8) is 0 Å². The molecule has 0 aromatic carbocycles. The second kappa shape index (κ2) is 17.8. The van der Waals surface area contributed by atoms with Crippen molar-refractivity contribution in [1.29, 1.82) is 0 Å². The van der Waals surface area contributed by atoms with Gasteiger partial charge in [-0.15, -0.1) is 0 Å². The Morgan fingerprint density at radius 1 is 0.579 bits per heavy atom. The van der Waals surface area contributed by atoms with Gasteiger partial charge in [0, 0.05) is 6.61 Å². The molecule has 0 saturated heterocycles. The third-order valence-corrected chi connectivity index (χ3v) is 2.48. The van der Waals surface area contributed by atoms with Crippen molar-refractivity contribution >= 4 is 0 Å². The van der Waals surface area contributed by atoms with Gasteiger partial charge in [-0.2, -0.15) is 0 Å². The molecule has 0 atom stereocenters. The molecule has 0 amide bonds. The minimum atomic E-state index is -0.443. The van der Waals surface area contributed by atoms with Gasteiger partial charge in [0.25, 0.3) is 0 Å². The predicted molar refractivity (Wildman–Crippen MR) is 73.4 cm³/mol. The summed E-state index contributed by atoms with van der Waals surface area (Å²) in [6.45, 7) is 5.99. The van der Waals surface area contributed by atoms with E-state index in [1.54, 1.807) is 0 Å². The minimum Gasteiger partial charge on any atom is -0.379 e. The van der Waals surface area contributed by atoms with Gasteiger partial charge in [0.1, 0.15) is 6.67 Å². The van der Waals surface area contributed by atoms with Crippen LogP contribution in [0, 0.1) is 0 Å². The van der Waals surface area contributed by atoms with Crippen LogP contribution in [0.5, 0.6) is 0 Å². The second-order valence-corrected chi connectivity index (χ2v) is 4.20. The number of rotatable bonds is 16. The molecule has 0 N–H and O–H groups in total. The summed E-state index contributed by atoms with van der Waals surface area (Å²) >= 11 is 0. The third-order valence-electron chi connectivity index (χ3n) is 2.48. The molecule has 0 radical (unpaired) electrons. The molecule has 116 valence electrons. The normalized spacial score (nSPS) is 11.1. The molecule has 0 saturated carbocycles. The molecular formula is C14H29FO4. The van der Waals surface area contributed by atoms with E-state index in [1.165, 1.54) is 19.3 Å². The molecular weight excluding hydrogens is 251 g/mol. The van der Waals surface area contributed by atoms with Gasteiger partial charge < -0.3 is 18.9 Å². The maximum Gasteiger partial charge on any atom is 0.113 e. The van der Waals surface area contributed by atoms with Crippen molar-refractivity contribution in [3.8, 4) is 0 Å². The summed E-state index contributed by atoms with van der Waals surface area (Å²) in [6.07, 6.45) is 4.92. The zero-order valence-electron chi connectivity index (χ0n) is 12.2. The summed E-state index contributed by atoms with van der Waals surface area (Å²) in [5.74, 6) is 0. The van der Waals surface area contributed by atoms with E-state index in [2.05, 4.69) is 6.92 Å². The zero-order valence-corrected chi connectivity index (χ0v) is 12.2. The summed E-state index contributed by atoms with van der Waals surface area (Å²) in [6, 6.07) is 0. The SMILES string of the molecule is CCCCCCOCCOCCOCCOCCF. The predicted octanol–water partition coefficient (Wildman–Crippen LogP) is 2.60. The Balaban J connectivity index is 2.88. The molecule has 0 aliphatic rings. The molecule has 0 heterocycles. The van der Waals surface area contributed by atoms with Crippen molar-refractivity contribution in [2.24, 2.45) is 0 Å². The molecule has 0 fully saturated rings. The van der Waals surface area contributed by atoms with E-state index < -0.39 is 6.67 Å². The smallest absolute Gasteiger partial charge is 0.113 e.